The van der Waals surface area contributed by atoms with Crippen LogP contribution in [0.2, 0.25) is 0 Å². The number of hydrogen-bond acceptors (Lipinski definition) is 5. The topological polar surface area (TPSA) is 98.7 Å². The van der Waals surface area contributed by atoms with Crippen LogP contribution in [0.15, 0.2) is 30.3 Å². The third-order valence-corrected chi connectivity index (χ3v) is 8.87. The summed E-state index contributed by atoms with van der Waals surface area (Å²) in [7, 11) is 1.59. The molecule has 3 amide bonds. The number of nitrogens with one attached hydrogen (secondary N) is 2. The van der Waals surface area contributed by atoms with E-state index in [1.165, 1.54) is 0 Å². The number of carbonyl (C=O) groups is 3. The van der Waals surface area contributed by atoms with E-state index in [9.17, 15) is 19.5 Å². The SMILES string of the molecule is CC[C@@H](CO)N1C(=O)[C@@H]2[C@H](C(=O)NC)[C@@H]3CCC2(S3)C1C(=O)NCc1ccccc1. The monoisotopic (exact) mass is 431 g/mol. The Hall–Kier alpha value is -2.06. The van der Waals surface area contributed by atoms with Crippen molar-refractivity contribution in [3.8, 4) is 0 Å². The second-order valence-corrected chi connectivity index (χ2v) is 9.97. The second kappa shape index (κ2) is 8.23. The average molecular weight is 432 g/mol. The van der Waals surface area contributed by atoms with Gasteiger partial charge in [0.2, 0.25) is 17.7 Å². The van der Waals surface area contributed by atoms with E-state index in [2.05, 4.69) is 10.6 Å². The lowest BCUT2D eigenvalue weighted by atomic mass is 9.71. The molecule has 0 radical (unpaired) electrons. The number of rotatable bonds is 7. The van der Waals surface area contributed by atoms with Gasteiger partial charge >= 0.3 is 0 Å². The Morgan fingerprint density at radius 1 is 1.30 bits per heavy atom. The molecule has 1 aromatic rings. The minimum atomic E-state index is -0.680. The molecule has 4 rings (SSSR count). The number of benzene rings is 1. The van der Waals surface area contributed by atoms with Crippen molar-refractivity contribution >= 4 is 29.5 Å². The summed E-state index contributed by atoms with van der Waals surface area (Å²) < 4.78 is -0.609. The normalized spacial score (nSPS) is 32.8. The van der Waals surface area contributed by atoms with Crippen LogP contribution in [0, 0.1) is 11.8 Å². The summed E-state index contributed by atoms with van der Waals surface area (Å²) in [6.45, 7) is 2.08. The molecule has 2 bridgehead atoms. The average Bonchev–Trinajstić information content (AvgIpc) is 3.41. The number of amides is 3. The first-order valence-corrected chi connectivity index (χ1v) is 11.5. The standard InChI is InChI=1S/C22H29N3O4S/c1-3-14(12-26)25-18(20(28)24-11-13-7-5-4-6-8-13)22-10-9-15(30-22)16(19(27)23-2)17(22)21(25)29/h4-8,14-18,26H,3,9-12H2,1-2H3,(H,23,27)(H,24,28)/t14-,15-,16+,17-,18?,22?/m0/s1. The fourth-order valence-electron chi connectivity index (χ4n) is 5.55. The predicted molar refractivity (Wildman–Crippen MR) is 114 cm³/mol. The van der Waals surface area contributed by atoms with E-state index in [1.807, 2.05) is 37.3 Å². The van der Waals surface area contributed by atoms with Crippen LogP contribution < -0.4 is 10.6 Å². The maximum absolute atomic E-state index is 13.6. The molecule has 6 atom stereocenters. The molecule has 30 heavy (non-hydrogen) atoms. The first kappa shape index (κ1) is 21.2. The first-order valence-electron chi connectivity index (χ1n) is 10.6. The van der Waals surface area contributed by atoms with Crippen LogP contribution in [0.5, 0.6) is 0 Å². The van der Waals surface area contributed by atoms with Crippen LogP contribution in [0.4, 0.5) is 0 Å². The number of aliphatic hydroxyl groups excluding tert-OH is 1. The molecule has 3 aliphatic heterocycles. The van der Waals surface area contributed by atoms with E-state index < -0.39 is 28.7 Å². The van der Waals surface area contributed by atoms with Crippen molar-refractivity contribution in [2.45, 2.75) is 54.8 Å². The van der Waals surface area contributed by atoms with Gasteiger partial charge in [-0.15, -0.1) is 11.8 Å². The molecule has 3 saturated heterocycles. The van der Waals surface area contributed by atoms with Crippen LogP contribution >= 0.6 is 11.8 Å². The van der Waals surface area contributed by atoms with E-state index in [0.29, 0.717) is 13.0 Å². The molecular formula is C22H29N3O4S. The highest BCUT2D eigenvalue weighted by Gasteiger charge is 2.74. The van der Waals surface area contributed by atoms with Crippen LogP contribution in [0.1, 0.15) is 31.7 Å². The van der Waals surface area contributed by atoms with Gasteiger partial charge in [-0.25, -0.2) is 0 Å². The van der Waals surface area contributed by atoms with Gasteiger partial charge in [-0.3, -0.25) is 14.4 Å². The minimum Gasteiger partial charge on any atom is -0.394 e. The van der Waals surface area contributed by atoms with Gasteiger partial charge in [0.25, 0.3) is 0 Å². The van der Waals surface area contributed by atoms with Gasteiger partial charge in [0.05, 0.1) is 29.2 Å². The van der Waals surface area contributed by atoms with Crippen LogP contribution in [0.25, 0.3) is 0 Å². The van der Waals surface area contributed by atoms with Gasteiger partial charge in [-0.05, 0) is 24.8 Å². The van der Waals surface area contributed by atoms with Gasteiger partial charge in [0, 0.05) is 18.8 Å². The van der Waals surface area contributed by atoms with Crippen molar-refractivity contribution < 1.29 is 19.5 Å². The lowest BCUT2D eigenvalue weighted by molar-refractivity contribution is -0.142. The van der Waals surface area contributed by atoms with Gasteiger partial charge in [0.1, 0.15) is 6.04 Å². The molecule has 3 heterocycles. The van der Waals surface area contributed by atoms with E-state index >= 15 is 0 Å². The van der Waals surface area contributed by atoms with Crippen molar-refractivity contribution in [3.63, 3.8) is 0 Å². The van der Waals surface area contributed by atoms with Crippen molar-refractivity contribution in [1.29, 1.82) is 0 Å². The third-order valence-electron chi connectivity index (χ3n) is 6.92. The molecule has 7 nitrogen and oxygen atoms in total. The Labute approximate surface area is 181 Å². The number of aliphatic hydroxyl groups is 1. The molecule has 3 fully saturated rings. The van der Waals surface area contributed by atoms with E-state index in [-0.39, 0.29) is 29.6 Å². The summed E-state index contributed by atoms with van der Waals surface area (Å²) in [6.07, 6.45) is 2.10. The van der Waals surface area contributed by atoms with Gasteiger partial charge in [-0.1, -0.05) is 37.3 Å². The number of fused-ring (bicyclic) bond motifs is 1. The van der Waals surface area contributed by atoms with Gasteiger partial charge in [-0.2, -0.15) is 0 Å². The molecule has 3 aliphatic rings. The van der Waals surface area contributed by atoms with Crippen molar-refractivity contribution in [1.82, 2.24) is 15.5 Å². The lowest BCUT2D eigenvalue weighted by Gasteiger charge is -2.36. The molecule has 0 aromatic heterocycles. The largest absolute Gasteiger partial charge is 0.394 e. The fraction of sp³-hybridized carbons (Fsp3) is 0.591. The molecule has 2 unspecified atom stereocenters. The Morgan fingerprint density at radius 2 is 2.03 bits per heavy atom. The Kier molecular flexibility index (Phi) is 5.81. The highest BCUT2D eigenvalue weighted by Crippen LogP contribution is 2.66. The first-order chi connectivity index (χ1) is 14.5. The fourth-order valence-corrected chi connectivity index (χ4v) is 7.75. The zero-order chi connectivity index (χ0) is 21.5. The predicted octanol–water partition coefficient (Wildman–Crippen LogP) is 0.911. The molecule has 1 aromatic carbocycles. The summed E-state index contributed by atoms with van der Waals surface area (Å²) >= 11 is 1.64. The number of thioether (sulfide) groups is 1. The highest BCUT2D eigenvalue weighted by atomic mass is 32.2. The van der Waals surface area contributed by atoms with Crippen LogP contribution in [0.3, 0.4) is 0 Å². The van der Waals surface area contributed by atoms with E-state index in [4.69, 9.17) is 0 Å². The number of likely N-dealkylation sites (tertiary alicyclic amines) is 1. The number of nitrogens with zero attached hydrogens (tertiary/aromatic N) is 1. The minimum absolute atomic E-state index is 0.0553. The maximum Gasteiger partial charge on any atom is 0.244 e. The Morgan fingerprint density at radius 3 is 2.67 bits per heavy atom. The molecule has 0 saturated carbocycles. The summed E-state index contributed by atoms with van der Waals surface area (Å²) in [6, 6.07) is 8.53. The molecule has 0 aliphatic carbocycles. The summed E-state index contributed by atoms with van der Waals surface area (Å²) in [5.74, 6) is -1.44. The zero-order valence-corrected chi connectivity index (χ0v) is 18.2. The summed E-state index contributed by atoms with van der Waals surface area (Å²) in [5.41, 5.74) is 0.983. The lowest BCUT2D eigenvalue weighted by Crippen LogP contribution is -2.56. The highest BCUT2D eigenvalue weighted by molar-refractivity contribution is 8.02. The van der Waals surface area contributed by atoms with Crippen molar-refractivity contribution in [3.05, 3.63) is 35.9 Å². The number of carbonyl (C=O) groups excluding carboxylic acids is 3. The quantitative estimate of drug-likeness (QED) is 0.596. The zero-order valence-electron chi connectivity index (χ0n) is 17.3. The number of hydrogen-bond donors (Lipinski definition) is 3. The summed E-state index contributed by atoms with van der Waals surface area (Å²) in [4.78, 5) is 41.3. The van der Waals surface area contributed by atoms with E-state index in [1.54, 1.807) is 23.7 Å². The second-order valence-electron chi connectivity index (χ2n) is 8.36. The Balaban J connectivity index is 1.67. The van der Waals surface area contributed by atoms with Crippen molar-refractivity contribution in [2.24, 2.45) is 11.8 Å². The molecule has 1 spiro atoms. The van der Waals surface area contributed by atoms with Crippen LogP contribution in [-0.4, -0.2) is 63.5 Å². The maximum atomic E-state index is 13.6. The van der Waals surface area contributed by atoms with Gasteiger partial charge in [0.15, 0.2) is 0 Å². The molecule has 8 heteroatoms. The molecular weight excluding hydrogens is 402 g/mol. The van der Waals surface area contributed by atoms with Crippen molar-refractivity contribution in [2.75, 3.05) is 13.7 Å². The van der Waals surface area contributed by atoms with Gasteiger partial charge < -0.3 is 20.6 Å². The third kappa shape index (κ3) is 3.12. The Bertz CT molecular complexity index is 831. The summed E-state index contributed by atoms with van der Waals surface area (Å²) in [5, 5.41) is 15.7. The molecule has 3 N–H and O–H groups in total. The van der Waals surface area contributed by atoms with E-state index in [0.717, 1.165) is 18.4 Å². The van der Waals surface area contributed by atoms with Crippen LogP contribution in [-0.2, 0) is 20.9 Å². The molecule has 162 valence electrons. The smallest absolute Gasteiger partial charge is 0.244 e.